The predicted octanol–water partition coefficient (Wildman–Crippen LogP) is 5.49. The predicted molar refractivity (Wildman–Crippen MR) is 76.1 cm³/mol. The van der Waals surface area contributed by atoms with Crippen LogP contribution in [-0.2, 0) is 6.42 Å². The third-order valence-corrected chi connectivity index (χ3v) is 3.12. The Balaban J connectivity index is 2.08. The Morgan fingerprint density at radius 2 is 1.60 bits per heavy atom. The Bertz CT molecular complexity index is 549. The maximum absolute atomic E-state index is 13.7. The average molecular weight is 276 g/mol. The molecule has 0 bridgehead atoms. The van der Waals surface area contributed by atoms with Crippen molar-refractivity contribution in [3.63, 3.8) is 0 Å². The van der Waals surface area contributed by atoms with Gasteiger partial charge in [-0.3, -0.25) is 0 Å². The lowest BCUT2D eigenvalue weighted by Gasteiger charge is -2.08. The fraction of sp³-hybridized carbons (Fsp3) is 0.294. The molecule has 0 atom stereocenters. The molecule has 20 heavy (non-hydrogen) atoms. The summed E-state index contributed by atoms with van der Waals surface area (Å²) in [5.74, 6) is 0.603. The molecule has 0 aromatic heterocycles. The van der Waals surface area contributed by atoms with E-state index in [9.17, 15) is 8.78 Å². The van der Waals surface area contributed by atoms with Gasteiger partial charge in [0.25, 0.3) is 0 Å². The van der Waals surface area contributed by atoms with Crippen LogP contribution in [-0.4, -0.2) is 0 Å². The zero-order chi connectivity index (χ0) is 14.4. The highest BCUT2D eigenvalue weighted by molar-refractivity contribution is 5.34. The van der Waals surface area contributed by atoms with Crippen molar-refractivity contribution < 1.29 is 13.5 Å². The van der Waals surface area contributed by atoms with Crippen molar-refractivity contribution in [1.29, 1.82) is 0 Å². The van der Waals surface area contributed by atoms with E-state index in [-0.39, 0.29) is 11.6 Å². The molecule has 0 spiro atoms. The molecule has 0 aliphatic carbocycles. The van der Waals surface area contributed by atoms with E-state index in [1.165, 1.54) is 18.2 Å². The minimum atomic E-state index is -0.309. The maximum atomic E-state index is 13.7. The number of aryl methyl sites for hydroxylation is 1. The van der Waals surface area contributed by atoms with E-state index >= 15 is 0 Å². The summed E-state index contributed by atoms with van der Waals surface area (Å²) in [5.41, 5.74) is 0.665. The molecule has 106 valence electrons. The van der Waals surface area contributed by atoms with Crippen LogP contribution in [0.15, 0.2) is 42.5 Å². The average Bonchev–Trinajstić information content (AvgIpc) is 2.45. The topological polar surface area (TPSA) is 9.23 Å². The van der Waals surface area contributed by atoms with Crippen molar-refractivity contribution in [3.8, 4) is 11.5 Å². The van der Waals surface area contributed by atoms with E-state index < -0.39 is 0 Å². The molecule has 0 heterocycles. The van der Waals surface area contributed by atoms with E-state index in [0.717, 1.165) is 19.3 Å². The van der Waals surface area contributed by atoms with Gasteiger partial charge >= 0.3 is 0 Å². The molecule has 0 unspecified atom stereocenters. The largest absolute Gasteiger partial charge is 0.457 e. The first-order chi connectivity index (χ1) is 9.69. The zero-order valence-corrected chi connectivity index (χ0v) is 11.5. The van der Waals surface area contributed by atoms with Crippen LogP contribution in [0.3, 0.4) is 0 Å². The maximum Gasteiger partial charge on any atom is 0.127 e. The van der Waals surface area contributed by atoms with Crippen LogP contribution in [0.25, 0.3) is 0 Å². The van der Waals surface area contributed by atoms with Crippen LogP contribution in [0, 0.1) is 11.6 Å². The number of hydrogen-bond donors (Lipinski definition) is 0. The van der Waals surface area contributed by atoms with Crippen LogP contribution >= 0.6 is 0 Å². The lowest BCUT2D eigenvalue weighted by atomic mass is 10.1. The van der Waals surface area contributed by atoms with Crippen molar-refractivity contribution >= 4 is 0 Å². The number of hydrogen-bond acceptors (Lipinski definition) is 1. The van der Waals surface area contributed by atoms with Crippen LogP contribution in [0.1, 0.15) is 31.7 Å². The summed E-state index contributed by atoms with van der Waals surface area (Å²) >= 11 is 0. The van der Waals surface area contributed by atoms with Gasteiger partial charge in [0, 0.05) is 0 Å². The molecule has 0 saturated heterocycles. The van der Waals surface area contributed by atoms with Gasteiger partial charge in [0.05, 0.1) is 0 Å². The number of rotatable bonds is 6. The number of halogens is 2. The third kappa shape index (κ3) is 4.05. The second-order valence-electron chi connectivity index (χ2n) is 4.77. The van der Waals surface area contributed by atoms with Gasteiger partial charge in [-0.25, -0.2) is 8.78 Å². The molecule has 0 aliphatic rings. The Hall–Kier alpha value is -1.90. The van der Waals surface area contributed by atoms with E-state index in [1.807, 2.05) is 0 Å². The van der Waals surface area contributed by atoms with Crippen molar-refractivity contribution in [2.75, 3.05) is 0 Å². The fourth-order valence-corrected chi connectivity index (χ4v) is 2.01. The van der Waals surface area contributed by atoms with E-state index in [0.29, 0.717) is 23.5 Å². The smallest absolute Gasteiger partial charge is 0.127 e. The van der Waals surface area contributed by atoms with Crippen LogP contribution in [0.2, 0.25) is 0 Å². The standard InChI is InChI=1S/C17H18F2O/c1-2-3-4-5-13-12-16(10-11-17(13)19)20-15-8-6-14(18)7-9-15/h6-12H,2-5H2,1H3. The van der Waals surface area contributed by atoms with Crippen molar-refractivity contribution in [1.82, 2.24) is 0 Å². The SMILES string of the molecule is CCCCCc1cc(Oc2ccc(F)cc2)ccc1F. The van der Waals surface area contributed by atoms with Crippen molar-refractivity contribution in [2.24, 2.45) is 0 Å². The van der Waals surface area contributed by atoms with E-state index in [4.69, 9.17) is 4.74 Å². The van der Waals surface area contributed by atoms with Gasteiger partial charge < -0.3 is 4.74 Å². The minimum absolute atomic E-state index is 0.201. The van der Waals surface area contributed by atoms with E-state index in [1.54, 1.807) is 24.3 Å². The highest BCUT2D eigenvalue weighted by Crippen LogP contribution is 2.24. The molecule has 0 N–H and O–H groups in total. The summed E-state index contributed by atoms with van der Waals surface area (Å²) in [5, 5.41) is 0. The summed E-state index contributed by atoms with van der Waals surface area (Å²) < 4.78 is 32.1. The lowest BCUT2D eigenvalue weighted by Crippen LogP contribution is -1.93. The van der Waals surface area contributed by atoms with Crippen LogP contribution < -0.4 is 4.74 Å². The molecule has 3 heteroatoms. The normalized spacial score (nSPS) is 10.6. The summed E-state index contributed by atoms with van der Waals surface area (Å²) in [6.07, 6.45) is 3.86. The third-order valence-electron chi connectivity index (χ3n) is 3.12. The Morgan fingerprint density at radius 3 is 2.30 bits per heavy atom. The Kier molecular flexibility index (Phi) is 5.10. The molecular weight excluding hydrogens is 258 g/mol. The minimum Gasteiger partial charge on any atom is -0.457 e. The number of benzene rings is 2. The molecule has 0 fully saturated rings. The molecule has 0 amide bonds. The van der Waals surface area contributed by atoms with Gasteiger partial charge in [0.15, 0.2) is 0 Å². The first kappa shape index (κ1) is 14.5. The van der Waals surface area contributed by atoms with Gasteiger partial charge in [0.2, 0.25) is 0 Å². The van der Waals surface area contributed by atoms with Crippen LogP contribution in [0.5, 0.6) is 11.5 Å². The summed E-state index contributed by atoms with van der Waals surface area (Å²) in [6, 6.07) is 10.5. The van der Waals surface area contributed by atoms with Gasteiger partial charge in [-0.15, -0.1) is 0 Å². The Labute approximate surface area is 118 Å². The van der Waals surface area contributed by atoms with Gasteiger partial charge in [0.1, 0.15) is 23.1 Å². The number of unbranched alkanes of at least 4 members (excludes halogenated alkanes) is 2. The molecule has 2 rings (SSSR count). The molecule has 1 nitrogen and oxygen atoms in total. The van der Waals surface area contributed by atoms with Gasteiger partial charge in [-0.05, 0) is 60.9 Å². The highest BCUT2D eigenvalue weighted by atomic mass is 19.1. The summed E-state index contributed by atoms with van der Waals surface area (Å²) in [6.45, 7) is 2.12. The quantitative estimate of drug-likeness (QED) is 0.634. The fourth-order valence-electron chi connectivity index (χ4n) is 2.01. The van der Waals surface area contributed by atoms with Crippen LogP contribution in [0.4, 0.5) is 8.78 Å². The van der Waals surface area contributed by atoms with Crippen molar-refractivity contribution in [2.45, 2.75) is 32.6 Å². The molecule has 2 aromatic carbocycles. The first-order valence-electron chi connectivity index (χ1n) is 6.91. The number of ether oxygens (including phenoxy) is 1. The molecule has 0 aliphatic heterocycles. The van der Waals surface area contributed by atoms with E-state index in [2.05, 4.69) is 6.92 Å². The highest BCUT2D eigenvalue weighted by Gasteiger charge is 2.05. The zero-order valence-electron chi connectivity index (χ0n) is 11.5. The molecule has 0 radical (unpaired) electrons. The second kappa shape index (κ2) is 7.04. The van der Waals surface area contributed by atoms with Gasteiger partial charge in [-0.2, -0.15) is 0 Å². The first-order valence-corrected chi connectivity index (χ1v) is 6.91. The molecule has 0 saturated carbocycles. The monoisotopic (exact) mass is 276 g/mol. The Morgan fingerprint density at radius 1 is 0.900 bits per heavy atom. The van der Waals surface area contributed by atoms with Gasteiger partial charge in [-0.1, -0.05) is 19.8 Å². The summed E-state index contributed by atoms with van der Waals surface area (Å²) in [4.78, 5) is 0. The lowest BCUT2D eigenvalue weighted by molar-refractivity contribution is 0.476. The van der Waals surface area contributed by atoms with Crippen molar-refractivity contribution in [3.05, 3.63) is 59.7 Å². The molecule has 2 aromatic rings. The molecular formula is C17H18F2O. The summed E-state index contributed by atoms with van der Waals surface area (Å²) in [7, 11) is 0. The second-order valence-corrected chi connectivity index (χ2v) is 4.77.